The van der Waals surface area contributed by atoms with Gasteiger partial charge < -0.3 is 0 Å². The number of hydrogen-bond acceptors (Lipinski definition) is 4. The first-order chi connectivity index (χ1) is 15.6. The SMILES string of the molecule is N#CC1(C#N)C[C@@H](C(=O)c2ccccc2)C(c2ccccc2)[C@H](C(=O)c2ccccc2)C1. The number of carbonyl (C=O) groups is 2. The van der Waals surface area contributed by atoms with Crippen LogP contribution in [0.3, 0.4) is 0 Å². The number of rotatable bonds is 5. The molecule has 0 aromatic heterocycles. The van der Waals surface area contributed by atoms with Gasteiger partial charge in [0, 0.05) is 28.9 Å². The Bertz CT molecular complexity index is 1110. The molecule has 1 aliphatic carbocycles. The van der Waals surface area contributed by atoms with Crippen LogP contribution in [0.1, 0.15) is 45.0 Å². The van der Waals surface area contributed by atoms with Crippen LogP contribution in [0.15, 0.2) is 91.0 Å². The van der Waals surface area contributed by atoms with Crippen LogP contribution in [0, 0.1) is 39.9 Å². The first-order valence-corrected chi connectivity index (χ1v) is 10.6. The molecule has 1 saturated carbocycles. The molecule has 1 fully saturated rings. The van der Waals surface area contributed by atoms with E-state index >= 15 is 0 Å². The summed E-state index contributed by atoms with van der Waals surface area (Å²) >= 11 is 0. The molecule has 3 aromatic rings. The summed E-state index contributed by atoms with van der Waals surface area (Å²) in [6.07, 6.45) is 0.206. The Kier molecular flexibility index (Phi) is 5.97. The zero-order chi connectivity index (χ0) is 22.6. The van der Waals surface area contributed by atoms with Gasteiger partial charge in [-0.3, -0.25) is 9.59 Å². The van der Waals surface area contributed by atoms with Gasteiger partial charge in [-0.1, -0.05) is 91.0 Å². The highest BCUT2D eigenvalue weighted by Gasteiger charge is 2.52. The van der Waals surface area contributed by atoms with Gasteiger partial charge >= 0.3 is 0 Å². The van der Waals surface area contributed by atoms with Gasteiger partial charge in [-0.25, -0.2) is 0 Å². The van der Waals surface area contributed by atoms with E-state index in [9.17, 15) is 20.1 Å². The summed E-state index contributed by atoms with van der Waals surface area (Å²) in [6.45, 7) is 0. The predicted molar refractivity (Wildman–Crippen MR) is 121 cm³/mol. The average molecular weight is 418 g/mol. The normalized spacial score (nSPS) is 21.6. The Morgan fingerprint density at radius 1 is 0.656 bits per heavy atom. The molecular formula is C28H22N2O2. The summed E-state index contributed by atoms with van der Waals surface area (Å²) in [5, 5.41) is 19.9. The fraction of sp³-hybridized carbons (Fsp3) is 0.214. The summed E-state index contributed by atoms with van der Waals surface area (Å²) in [5.74, 6) is -2.03. The standard InChI is InChI=1S/C28H22N2O2/c29-18-28(19-30)16-23(26(31)21-12-6-2-7-13-21)25(20-10-4-1-5-11-20)24(17-28)27(32)22-14-8-3-9-15-22/h1-15,23-25H,16-17H2/t23-,24-/m1/s1. The van der Waals surface area contributed by atoms with Gasteiger partial charge in [0.2, 0.25) is 0 Å². The van der Waals surface area contributed by atoms with Crippen molar-refractivity contribution < 1.29 is 9.59 Å². The molecule has 0 bridgehead atoms. The molecule has 0 spiro atoms. The molecule has 4 rings (SSSR count). The third kappa shape index (κ3) is 3.96. The summed E-state index contributed by atoms with van der Waals surface area (Å²) in [6, 6.07) is 31.6. The summed E-state index contributed by atoms with van der Waals surface area (Å²) in [5.41, 5.74) is 0.530. The van der Waals surface area contributed by atoms with E-state index in [0.717, 1.165) is 5.56 Å². The molecule has 0 N–H and O–H groups in total. The second-order valence-electron chi connectivity index (χ2n) is 8.32. The lowest BCUT2D eigenvalue weighted by molar-refractivity contribution is 0.0658. The van der Waals surface area contributed by atoms with Crippen LogP contribution >= 0.6 is 0 Å². The Morgan fingerprint density at radius 3 is 1.41 bits per heavy atom. The highest BCUT2D eigenvalue weighted by Crippen LogP contribution is 2.51. The largest absolute Gasteiger partial charge is 0.294 e. The highest BCUT2D eigenvalue weighted by atomic mass is 16.1. The molecule has 4 nitrogen and oxygen atoms in total. The van der Waals surface area contributed by atoms with Crippen molar-refractivity contribution in [2.45, 2.75) is 18.8 Å². The van der Waals surface area contributed by atoms with E-state index in [-0.39, 0.29) is 24.4 Å². The Balaban J connectivity index is 1.87. The third-order valence-electron chi connectivity index (χ3n) is 6.41. The number of carbonyl (C=O) groups excluding carboxylic acids is 2. The Hall–Kier alpha value is -4.02. The molecule has 2 atom stereocenters. The highest BCUT2D eigenvalue weighted by molar-refractivity contribution is 6.02. The lowest BCUT2D eigenvalue weighted by Crippen LogP contribution is -2.43. The van der Waals surface area contributed by atoms with Gasteiger partial charge in [-0.05, 0) is 18.4 Å². The zero-order valence-electron chi connectivity index (χ0n) is 17.5. The number of ketones is 2. The molecule has 1 aliphatic rings. The molecule has 0 unspecified atom stereocenters. The van der Waals surface area contributed by atoms with E-state index in [1.807, 2.05) is 42.5 Å². The van der Waals surface area contributed by atoms with Gasteiger partial charge in [-0.2, -0.15) is 10.5 Å². The van der Waals surface area contributed by atoms with Gasteiger partial charge in [0.25, 0.3) is 0 Å². The number of nitriles is 2. The molecule has 0 heterocycles. The van der Waals surface area contributed by atoms with Crippen molar-refractivity contribution in [1.82, 2.24) is 0 Å². The van der Waals surface area contributed by atoms with E-state index < -0.39 is 23.2 Å². The number of Topliss-reactive ketones (excluding diaryl/α,β-unsaturated/α-hetero) is 2. The minimum atomic E-state index is -1.39. The topological polar surface area (TPSA) is 81.7 Å². The van der Waals surface area contributed by atoms with Crippen molar-refractivity contribution in [1.29, 1.82) is 10.5 Å². The molecule has 0 amide bonds. The first-order valence-electron chi connectivity index (χ1n) is 10.6. The average Bonchev–Trinajstić information content (AvgIpc) is 2.88. The first kappa shape index (κ1) is 21.2. The molecule has 3 aromatic carbocycles. The van der Waals surface area contributed by atoms with Gasteiger partial charge in [0.1, 0.15) is 5.41 Å². The van der Waals surface area contributed by atoms with E-state index in [1.54, 1.807) is 48.5 Å². The lowest BCUT2D eigenvalue weighted by atomic mass is 9.57. The maximum absolute atomic E-state index is 13.7. The van der Waals surface area contributed by atoms with Crippen molar-refractivity contribution >= 4 is 11.6 Å². The predicted octanol–water partition coefficient (Wildman–Crippen LogP) is 5.60. The second-order valence-corrected chi connectivity index (χ2v) is 8.32. The van der Waals surface area contributed by atoms with E-state index in [1.165, 1.54) is 0 Å². The van der Waals surface area contributed by atoms with E-state index in [0.29, 0.717) is 11.1 Å². The van der Waals surface area contributed by atoms with Crippen molar-refractivity contribution in [3.63, 3.8) is 0 Å². The maximum Gasteiger partial charge on any atom is 0.166 e. The minimum Gasteiger partial charge on any atom is -0.294 e. The van der Waals surface area contributed by atoms with Crippen LogP contribution < -0.4 is 0 Å². The maximum atomic E-state index is 13.7. The molecule has 32 heavy (non-hydrogen) atoms. The molecular weight excluding hydrogens is 396 g/mol. The number of nitrogens with zero attached hydrogens (tertiary/aromatic N) is 2. The molecule has 156 valence electrons. The number of benzene rings is 3. The van der Waals surface area contributed by atoms with E-state index in [4.69, 9.17) is 0 Å². The van der Waals surface area contributed by atoms with Crippen molar-refractivity contribution in [2.75, 3.05) is 0 Å². The van der Waals surface area contributed by atoms with E-state index in [2.05, 4.69) is 12.1 Å². The number of hydrogen-bond donors (Lipinski definition) is 0. The van der Waals surface area contributed by atoms with Gasteiger partial charge in [-0.15, -0.1) is 0 Å². The summed E-state index contributed by atoms with van der Waals surface area (Å²) in [7, 11) is 0. The molecule has 0 radical (unpaired) electrons. The van der Waals surface area contributed by atoms with Crippen LogP contribution in [0.25, 0.3) is 0 Å². The van der Waals surface area contributed by atoms with Crippen molar-refractivity contribution in [2.24, 2.45) is 17.3 Å². The zero-order valence-corrected chi connectivity index (χ0v) is 17.5. The fourth-order valence-corrected chi connectivity index (χ4v) is 4.86. The minimum absolute atomic E-state index is 0.103. The Labute approximate surface area is 187 Å². The molecule has 0 saturated heterocycles. The monoisotopic (exact) mass is 418 g/mol. The fourth-order valence-electron chi connectivity index (χ4n) is 4.86. The van der Waals surface area contributed by atoms with Crippen LogP contribution in [0.5, 0.6) is 0 Å². The smallest absolute Gasteiger partial charge is 0.166 e. The second kappa shape index (κ2) is 9.00. The van der Waals surface area contributed by atoms with Gasteiger partial charge in [0.05, 0.1) is 12.1 Å². The van der Waals surface area contributed by atoms with Crippen LogP contribution in [-0.2, 0) is 0 Å². The quantitative estimate of drug-likeness (QED) is 0.505. The van der Waals surface area contributed by atoms with Gasteiger partial charge in [0.15, 0.2) is 11.6 Å². The van der Waals surface area contributed by atoms with Crippen molar-refractivity contribution in [3.8, 4) is 12.1 Å². The van der Waals surface area contributed by atoms with Crippen LogP contribution in [0.4, 0.5) is 0 Å². The Morgan fingerprint density at radius 2 is 1.03 bits per heavy atom. The molecule has 4 heteroatoms. The van der Waals surface area contributed by atoms with Crippen LogP contribution in [-0.4, -0.2) is 11.6 Å². The summed E-state index contributed by atoms with van der Waals surface area (Å²) < 4.78 is 0. The van der Waals surface area contributed by atoms with Crippen molar-refractivity contribution in [3.05, 3.63) is 108 Å². The summed E-state index contributed by atoms with van der Waals surface area (Å²) in [4.78, 5) is 27.4. The third-order valence-corrected chi connectivity index (χ3v) is 6.41. The van der Waals surface area contributed by atoms with Crippen LogP contribution in [0.2, 0.25) is 0 Å². The molecule has 0 aliphatic heterocycles. The lowest BCUT2D eigenvalue weighted by Gasteiger charge is -2.42.